The number of hydrogen-bond donors (Lipinski definition) is 1. The summed E-state index contributed by atoms with van der Waals surface area (Å²) in [5, 5.41) is 3.23. The quantitative estimate of drug-likeness (QED) is 0.854. The van der Waals surface area contributed by atoms with E-state index in [2.05, 4.69) is 5.32 Å². The van der Waals surface area contributed by atoms with Gasteiger partial charge in [0.25, 0.3) is 0 Å². The average Bonchev–Trinajstić information content (AvgIpc) is 2.86. The number of Topliss-reactive ketones (excluding diaryl/α,β-unsaturated/α-hetero) is 1. The monoisotopic (exact) mass is 255 g/mol. The van der Waals surface area contributed by atoms with Crippen LogP contribution in [-0.4, -0.2) is 12.6 Å². The zero-order chi connectivity index (χ0) is 13.2. The van der Waals surface area contributed by atoms with Crippen molar-refractivity contribution in [3.8, 4) is 11.5 Å². The molecule has 0 aliphatic carbocycles. The number of benzene rings is 2. The SMILES string of the molecule is CC(=O)c1cc2c(cc1Nc1ccccc1)OCO2. The van der Waals surface area contributed by atoms with Crippen molar-refractivity contribution in [1.82, 2.24) is 0 Å². The third-order valence-electron chi connectivity index (χ3n) is 2.94. The minimum Gasteiger partial charge on any atom is -0.454 e. The minimum absolute atomic E-state index is 0.0169. The summed E-state index contributed by atoms with van der Waals surface area (Å²) in [5.74, 6) is 1.25. The fraction of sp³-hybridized carbons (Fsp3) is 0.133. The van der Waals surface area contributed by atoms with Gasteiger partial charge in [-0.05, 0) is 25.1 Å². The highest BCUT2D eigenvalue weighted by molar-refractivity contribution is 6.01. The molecule has 0 saturated heterocycles. The zero-order valence-corrected chi connectivity index (χ0v) is 10.5. The summed E-state index contributed by atoms with van der Waals surface area (Å²) in [4.78, 5) is 11.7. The van der Waals surface area contributed by atoms with E-state index in [1.165, 1.54) is 6.92 Å². The molecule has 0 atom stereocenters. The van der Waals surface area contributed by atoms with Gasteiger partial charge in [0.15, 0.2) is 17.3 Å². The molecule has 1 aliphatic heterocycles. The Balaban J connectivity index is 2.02. The van der Waals surface area contributed by atoms with Crippen LogP contribution in [0.1, 0.15) is 17.3 Å². The van der Waals surface area contributed by atoms with Crippen molar-refractivity contribution >= 4 is 17.2 Å². The van der Waals surface area contributed by atoms with Crippen molar-refractivity contribution in [2.24, 2.45) is 0 Å². The van der Waals surface area contributed by atoms with E-state index in [1.807, 2.05) is 30.3 Å². The van der Waals surface area contributed by atoms with Gasteiger partial charge in [-0.2, -0.15) is 0 Å². The number of ketones is 1. The molecular formula is C15H13NO3. The van der Waals surface area contributed by atoms with Crippen LogP contribution >= 0.6 is 0 Å². The Labute approximate surface area is 111 Å². The summed E-state index contributed by atoms with van der Waals surface area (Å²) in [7, 11) is 0. The molecule has 1 N–H and O–H groups in total. The van der Waals surface area contributed by atoms with Gasteiger partial charge in [-0.25, -0.2) is 0 Å². The predicted molar refractivity (Wildman–Crippen MR) is 72.3 cm³/mol. The maximum atomic E-state index is 11.7. The number of hydrogen-bond acceptors (Lipinski definition) is 4. The van der Waals surface area contributed by atoms with Gasteiger partial charge in [-0.1, -0.05) is 18.2 Å². The van der Waals surface area contributed by atoms with Gasteiger partial charge in [0.05, 0.1) is 5.69 Å². The molecule has 2 aromatic rings. The fourth-order valence-electron chi connectivity index (χ4n) is 2.01. The number of carbonyl (C=O) groups excluding carboxylic acids is 1. The Morgan fingerprint density at radius 1 is 1.11 bits per heavy atom. The summed E-state index contributed by atoms with van der Waals surface area (Å²) in [6.07, 6.45) is 0. The number of anilines is 2. The zero-order valence-electron chi connectivity index (χ0n) is 10.5. The van der Waals surface area contributed by atoms with E-state index >= 15 is 0 Å². The Morgan fingerprint density at radius 3 is 2.47 bits per heavy atom. The van der Waals surface area contributed by atoms with E-state index < -0.39 is 0 Å². The first-order chi connectivity index (χ1) is 9.24. The molecule has 4 nitrogen and oxygen atoms in total. The van der Waals surface area contributed by atoms with E-state index in [1.54, 1.807) is 12.1 Å². The Bertz CT molecular complexity index is 623. The molecule has 2 aromatic carbocycles. The second-order valence-electron chi connectivity index (χ2n) is 4.30. The lowest BCUT2D eigenvalue weighted by molar-refractivity contribution is 0.101. The molecule has 0 radical (unpaired) electrons. The summed E-state index contributed by atoms with van der Waals surface area (Å²) in [5.41, 5.74) is 2.24. The Morgan fingerprint density at radius 2 is 1.79 bits per heavy atom. The number of fused-ring (bicyclic) bond motifs is 1. The number of nitrogens with one attached hydrogen (secondary N) is 1. The molecule has 0 spiro atoms. The molecule has 3 rings (SSSR count). The second-order valence-corrected chi connectivity index (χ2v) is 4.30. The van der Waals surface area contributed by atoms with Crippen LogP contribution in [0.5, 0.6) is 11.5 Å². The number of rotatable bonds is 3. The maximum Gasteiger partial charge on any atom is 0.231 e. The molecule has 1 aliphatic rings. The summed E-state index contributed by atoms with van der Waals surface area (Å²) in [6.45, 7) is 1.73. The molecular weight excluding hydrogens is 242 g/mol. The number of para-hydroxylation sites is 1. The normalized spacial score (nSPS) is 12.3. The highest BCUT2D eigenvalue weighted by Crippen LogP contribution is 2.38. The van der Waals surface area contributed by atoms with Crippen molar-refractivity contribution in [2.45, 2.75) is 6.92 Å². The van der Waals surface area contributed by atoms with Gasteiger partial charge in [0.1, 0.15) is 0 Å². The second kappa shape index (κ2) is 4.65. The third kappa shape index (κ3) is 2.25. The number of ether oxygens (including phenoxy) is 2. The Hall–Kier alpha value is -2.49. The highest BCUT2D eigenvalue weighted by atomic mass is 16.7. The fourth-order valence-corrected chi connectivity index (χ4v) is 2.01. The highest BCUT2D eigenvalue weighted by Gasteiger charge is 2.19. The molecule has 0 bridgehead atoms. The molecule has 0 amide bonds. The molecule has 0 saturated carbocycles. The van der Waals surface area contributed by atoms with Gasteiger partial charge in [0, 0.05) is 17.3 Å². The van der Waals surface area contributed by atoms with Gasteiger partial charge in [0.2, 0.25) is 6.79 Å². The molecule has 1 heterocycles. The smallest absolute Gasteiger partial charge is 0.231 e. The average molecular weight is 255 g/mol. The van der Waals surface area contributed by atoms with Crippen LogP contribution in [0.4, 0.5) is 11.4 Å². The van der Waals surface area contributed by atoms with Crippen LogP contribution in [0.15, 0.2) is 42.5 Å². The van der Waals surface area contributed by atoms with Crippen LogP contribution in [0.25, 0.3) is 0 Å². The first-order valence-electron chi connectivity index (χ1n) is 6.01. The van der Waals surface area contributed by atoms with Crippen LogP contribution in [0.2, 0.25) is 0 Å². The summed E-state index contributed by atoms with van der Waals surface area (Å²) < 4.78 is 10.6. The van der Waals surface area contributed by atoms with Crippen LogP contribution < -0.4 is 14.8 Å². The van der Waals surface area contributed by atoms with E-state index in [0.29, 0.717) is 17.1 Å². The maximum absolute atomic E-state index is 11.7. The van der Waals surface area contributed by atoms with Crippen molar-refractivity contribution < 1.29 is 14.3 Å². The molecule has 0 unspecified atom stereocenters. The van der Waals surface area contributed by atoms with E-state index in [0.717, 1.165) is 11.4 Å². The van der Waals surface area contributed by atoms with Gasteiger partial charge in [-0.3, -0.25) is 4.79 Å². The molecule has 0 aromatic heterocycles. The molecule has 0 fully saturated rings. The minimum atomic E-state index is -0.0169. The lowest BCUT2D eigenvalue weighted by Crippen LogP contribution is -2.00. The summed E-state index contributed by atoms with van der Waals surface area (Å²) in [6, 6.07) is 13.2. The van der Waals surface area contributed by atoms with Crippen molar-refractivity contribution in [2.75, 3.05) is 12.1 Å². The molecule has 4 heteroatoms. The van der Waals surface area contributed by atoms with Gasteiger partial charge in [-0.15, -0.1) is 0 Å². The van der Waals surface area contributed by atoms with Crippen molar-refractivity contribution in [3.05, 3.63) is 48.0 Å². The third-order valence-corrected chi connectivity index (χ3v) is 2.94. The standard InChI is InChI=1S/C15H13NO3/c1-10(17)12-7-14-15(19-9-18-14)8-13(12)16-11-5-3-2-4-6-11/h2-8,16H,9H2,1H3. The largest absolute Gasteiger partial charge is 0.454 e. The summed E-state index contributed by atoms with van der Waals surface area (Å²) >= 11 is 0. The topological polar surface area (TPSA) is 47.6 Å². The van der Waals surface area contributed by atoms with Crippen molar-refractivity contribution in [3.63, 3.8) is 0 Å². The van der Waals surface area contributed by atoms with Crippen LogP contribution in [0, 0.1) is 0 Å². The van der Waals surface area contributed by atoms with E-state index in [9.17, 15) is 4.79 Å². The lowest BCUT2D eigenvalue weighted by atomic mass is 10.1. The van der Waals surface area contributed by atoms with Crippen LogP contribution in [0.3, 0.4) is 0 Å². The lowest BCUT2D eigenvalue weighted by Gasteiger charge is -2.11. The Kier molecular flexibility index (Phi) is 2.83. The van der Waals surface area contributed by atoms with Gasteiger partial charge >= 0.3 is 0 Å². The molecule has 19 heavy (non-hydrogen) atoms. The predicted octanol–water partition coefficient (Wildman–Crippen LogP) is 3.36. The molecule has 96 valence electrons. The van der Waals surface area contributed by atoms with Gasteiger partial charge < -0.3 is 14.8 Å². The van der Waals surface area contributed by atoms with Crippen molar-refractivity contribution in [1.29, 1.82) is 0 Å². The van der Waals surface area contributed by atoms with E-state index in [-0.39, 0.29) is 12.6 Å². The number of carbonyl (C=O) groups is 1. The van der Waals surface area contributed by atoms with E-state index in [4.69, 9.17) is 9.47 Å². The first-order valence-corrected chi connectivity index (χ1v) is 6.01. The van der Waals surface area contributed by atoms with Crippen LogP contribution in [-0.2, 0) is 0 Å². The first kappa shape index (κ1) is 11.6.